The summed E-state index contributed by atoms with van der Waals surface area (Å²) in [6.07, 6.45) is 0. The third kappa shape index (κ3) is 3.02. The Labute approximate surface area is 90.5 Å². The lowest BCUT2D eigenvalue weighted by atomic mass is 10.3. The SMILES string of the molecule is CNC(=O)CNC(=O)c1cc(C)sc1F. The first-order valence-electron chi connectivity index (χ1n) is 4.29. The van der Waals surface area contributed by atoms with E-state index in [-0.39, 0.29) is 18.0 Å². The molecule has 1 rings (SSSR count). The van der Waals surface area contributed by atoms with E-state index >= 15 is 0 Å². The largest absolute Gasteiger partial charge is 0.358 e. The molecule has 0 saturated heterocycles. The summed E-state index contributed by atoms with van der Waals surface area (Å²) in [5.74, 6) is -0.892. The zero-order valence-corrected chi connectivity index (χ0v) is 9.20. The first kappa shape index (κ1) is 11.6. The maximum Gasteiger partial charge on any atom is 0.255 e. The standard InChI is InChI=1S/C9H11FN2O2S/c1-5-3-6(8(10)15-5)9(14)12-4-7(13)11-2/h3H,4H2,1-2H3,(H,11,13)(H,12,14). The second-order valence-electron chi connectivity index (χ2n) is 2.90. The van der Waals surface area contributed by atoms with Gasteiger partial charge in [0.25, 0.3) is 5.91 Å². The third-order valence-electron chi connectivity index (χ3n) is 1.74. The Kier molecular flexibility index (Phi) is 3.79. The van der Waals surface area contributed by atoms with Crippen molar-refractivity contribution in [2.24, 2.45) is 0 Å². The Morgan fingerprint density at radius 1 is 1.53 bits per heavy atom. The second-order valence-corrected chi connectivity index (χ2v) is 4.11. The van der Waals surface area contributed by atoms with Crippen LogP contribution in [-0.4, -0.2) is 25.4 Å². The highest BCUT2D eigenvalue weighted by Crippen LogP contribution is 2.19. The number of aryl methyl sites for hydroxylation is 1. The van der Waals surface area contributed by atoms with Gasteiger partial charge in [-0.15, -0.1) is 11.3 Å². The highest BCUT2D eigenvalue weighted by Gasteiger charge is 2.14. The molecule has 1 aromatic heterocycles. The summed E-state index contributed by atoms with van der Waals surface area (Å²) in [5.41, 5.74) is -0.0126. The van der Waals surface area contributed by atoms with Crippen LogP contribution in [-0.2, 0) is 4.79 Å². The van der Waals surface area contributed by atoms with Gasteiger partial charge in [-0.05, 0) is 13.0 Å². The van der Waals surface area contributed by atoms with E-state index in [9.17, 15) is 14.0 Å². The minimum Gasteiger partial charge on any atom is -0.358 e. The Hall–Kier alpha value is -1.43. The molecular weight excluding hydrogens is 219 g/mol. The molecule has 0 aliphatic carbocycles. The van der Waals surface area contributed by atoms with Crippen LogP contribution in [0.4, 0.5) is 4.39 Å². The van der Waals surface area contributed by atoms with E-state index in [1.54, 1.807) is 6.92 Å². The van der Waals surface area contributed by atoms with Crippen molar-refractivity contribution in [3.05, 3.63) is 21.6 Å². The van der Waals surface area contributed by atoms with Crippen molar-refractivity contribution >= 4 is 23.2 Å². The zero-order valence-electron chi connectivity index (χ0n) is 8.39. The predicted molar refractivity (Wildman–Crippen MR) is 55.4 cm³/mol. The van der Waals surface area contributed by atoms with Crippen LogP contribution < -0.4 is 10.6 Å². The molecule has 0 bridgehead atoms. The summed E-state index contributed by atoms with van der Waals surface area (Å²) in [4.78, 5) is 22.9. The summed E-state index contributed by atoms with van der Waals surface area (Å²) < 4.78 is 13.1. The average molecular weight is 230 g/mol. The molecule has 82 valence electrons. The molecule has 1 aromatic rings. The molecule has 15 heavy (non-hydrogen) atoms. The van der Waals surface area contributed by atoms with E-state index in [0.29, 0.717) is 0 Å². The van der Waals surface area contributed by atoms with Gasteiger partial charge in [-0.3, -0.25) is 9.59 Å². The molecule has 0 aliphatic heterocycles. The summed E-state index contributed by atoms with van der Waals surface area (Å²) in [6.45, 7) is 1.56. The number of hydrogen-bond donors (Lipinski definition) is 2. The zero-order chi connectivity index (χ0) is 11.4. The van der Waals surface area contributed by atoms with E-state index in [1.807, 2.05) is 0 Å². The Morgan fingerprint density at radius 2 is 2.20 bits per heavy atom. The monoisotopic (exact) mass is 230 g/mol. The fourth-order valence-corrected chi connectivity index (χ4v) is 1.71. The Morgan fingerprint density at radius 3 is 2.67 bits per heavy atom. The Bertz CT molecular complexity index is 389. The molecule has 0 unspecified atom stereocenters. The van der Waals surface area contributed by atoms with Crippen LogP contribution in [0.2, 0.25) is 0 Å². The van der Waals surface area contributed by atoms with Crippen LogP contribution in [0.25, 0.3) is 0 Å². The van der Waals surface area contributed by atoms with Gasteiger partial charge in [-0.25, -0.2) is 0 Å². The van der Waals surface area contributed by atoms with Crippen molar-refractivity contribution in [1.29, 1.82) is 0 Å². The highest BCUT2D eigenvalue weighted by atomic mass is 32.1. The van der Waals surface area contributed by atoms with Gasteiger partial charge in [0, 0.05) is 11.9 Å². The molecule has 1 heterocycles. The van der Waals surface area contributed by atoms with Crippen LogP contribution in [0.1, 0.15) is 15.2 Å². The summed E-state index contributed by atoms with van der Waals surface area (Å²) >= 11 is 0.910. The van der Waals surface area contributed by atoms with Gasteiger partial charge >= 0.3 is 0 Å². The number of likely N-dealkylation sites (N-methyl/N-ethyl adjacent to an activating group) is 1. The molecule has 0 aliphatic rings. The first-order chi connectivity index (χ1) is 7.04. The van der Waals surface area contributed by atoms with Crippen LogP contribution in [0.5, 0.6) is 0 Å². The number of halogens is 1. The molecule has 2 N–H and O–H groups in total. The number of carbonyl (C=O) groups excluding carboxylic acids is 2. The molecule has 0 spiro atoms. The molecule has 2 amide bonds. The van der Waals surface area contributed by atoms with Crippen molar-refractivity contribution in [1.82, 2.24) is 10.6 Å². The van der Waals surface area contributed by atoms with Crippen molar-refractivity contribution in [2.75, 3.05) is 13.6 Å². The molecule has 0 radical (unpaired) electrons. The fraction of sp³-hybridized carbons (Fsp3) is 0.333. The van der Waals surface area contributed by atoms with Crippen LogP contribution >= 0.6 is 11.3 Å². The number of nitrogens with one attached hydrogen (secondary N) is 2. The lowest BCUT2D eigenvalue weighted by molar-refractivity contribution is -0.119. The summed E-state index contributed by atoms with van der Waals surface area (Å²) in [5, 5.41) is 4.14. The van der Waals surface area contributed by atoms with Gasteiger partial charge in [0.15, 0.2) is 5.13 Å². The molecular formula is C9H11FN2O2S. The normalized spacial score (nSPS) is 9.80. The molecule has 6 heteroatoms. The van der Waals surface area contributed by atoms with Gasteiger partial charge in [0.1, 0.15) is 0 Å². The van der Waals surface area contributed by atoms with Gasteiger partial charge in [-0.1, -0.05) is 0 Å². The van der Waals surface area contributed by atoms with E-state index in [2.05, 4.69) is 10.6 Å². The van der Waals surface area contributed by atoms with Gasteiger partial charge < -0.3 is 10.6 Å². The van der Waals surface area contributed by atoms with E-state index < -0.39 is 11.0 Å². The van der Waals surface area contributed by atoms with Crippen molar-refractivity contribution < 1.29 is 14.0 Å². The second kappa shape index (κ2) is 4.88. The number of amides is 2. The maximum absolute atomic E-state index is 13.1. The number of hydrogen-bond acceptors (Lipinski definition) is 3. The molecule has 0 aromatic carbocycles. The first-order valence-corrected chi connectivity index (χ1v) is 5.11. The molecule has 4 nitrogen and oxygen atoms in total. The quantitative estimate of drug-likeness (QED) is 0.802. The van der Waals surface area contributed by atoms with E-state index in [4.69, 9.17) is 0 Å². The van der Waals surface area contributed by atoms with Crippen LogP contribution in [0.3, 0.4) is 0 Å². The van der Waals surface area contributed by atoms with E-state index in [0.717, 1.165) is 16.2 Å². The third-order valence-corrected chi connectivity index (χ3v) is 2.58. The van der Waals surface area contributed by atoms with Crippen LogP contribution in [0, 0.1) is 12.1 Å². The predicted octanol–water partition coefficient (Wildman–Crippen LogP) is 0.671. The van der Waals surface area contributed by atoms with Crippen molar-refractivity contribution in [3.8, 4) is 0 Å². The van der Waals surface area contributed by atoms with E-state index in [1.165, 1.54) is 13.1 Å². The van der Waals surface area contributed by atoms with Crippen molar-refractivity contribution in [3.63, 3.8) is 0 Å². The summed E-state index contributed by atoms with van der Waals surface area (Å²) in [7, 11) is 1.46. The average Bonchev–Trinajstić information content (AvgIpc) is 2.53. The fourth-order valence-electron chi connectivity index (χ4n) is 0.985. The lowest BCUT2D eigenvalue weighted by Crippen LogP contribution is -2.35. The maximum atomic E-state index is 13.1. The minimum absolute atomic E-state index is 0.0126. The Balaban J connectivity index is 2.61. The van der Waals surface area contributed by atoms with Gasteiger partial charge in [0.2, 0.25) is 5.91 Å². The van der Waals surface area contributed by atoms with Crippen molar-refractivity contribution in [2.45, 2.75) is 6.92 Å². The minimum atomic E-state index is -0.569. The topological polar surface area (TPSA) is 58.2 Å². The molecule has 0 atom stereocenters. The number of thiophene rings is 1. The van der Waals surface area contributed by atoms with Crippen LogP contribution in [0.15, 0.2) is 6.07 Å². The summed E-state index contributed by atoms with van der Waals surface area (Å²) in [6, 6.07) is 1.46. The number of rotatable bonds is 3. The molecule has 0 fully saturated rings. The highest BCUT2D eigenvalue weighted by molar-refractivity contribution is 7.10. The smallest absolute Gasteiger partial charge is 0.255 e. The molecule has 0 saturated carbocycles. The van der Waals surface area contributed by atoms with Gasteiger partial charge in [0.05, 0.1) is 12.1 Å². The number of carbonyl (C=O) groups is 2. The lowest BCUT2D eigenvalue weighted by Gasteiger charge is -2.02. The van der Waals surface area contributed by atoms with Gasteiger partial charge in [-0.2, -0.15) is 4.39 Å².